The molecule has 0 aliphatic heterocycles. The van der Waals surface area contributed by atoms with Gasteiger partial charge in [-0.3, -0.25) is 9.48 Å². The van der Waals surface area contributed by atoms with Gasteiger partial charge in [0.2, 0.25) is 10.0 Å². The number of aromatic nitrogens is 3. The minimum absolute atomic E-state index is 0.0475. The van der Waals surface area contributed by atoms with Crippen LogP contribution in [0.2, 0.25) is 0 Å². The van der Waals surface area contributed by atoms with Gasteiger partial charge in [0, 0.05) is 18.3 Å². The number of rotatable bonds is 6. The van der Waals surface area contributed by atoms with Crippen LogP contribution in [0.15, 0.2) is 65.8 Å². The van der Waals surface area contributed by atoms with Crippen molar-refractivity contribution < 1.29 is 22.3 Å². The van der Waals surface area contributed by atoms with Crippen molar-refractivity contribution in [3.63, 3.8) is 0 Å². The molecule has 0 spiro atoms. The fourth-order valence-corrected chi connectivity index (χ4v) is 3.50. The van der Waals surface area contributed by atoms with E-state index in [1.165, 1.54) is 42.5 Å². The summed E-state index contributed by atoms with van der Waals surface area (Å²) < 4.78 is 43.6. The predicted molar refractivity (Wildman–Crippen MR) is 115 cm³/mol. The van der Waals surface area contributed by atoms with Gasteiger partial charge in [0.15, 0.2) is 0 Å². The third-order valence-electron chi connectivity index (χ3n) is 4.57. The summed E-state index contributed by atoms with van der Waals surface area (Å²) in [5.41, 5.74) is 0.781. The topological polar surface area (TPSA) is 129 Å². The lowest BCUT2D eigenvalue weighted by molar-refractivity contribution is 0.102. The molecule has 0 unspecified atom stereocenters. The molecule has 0 saturated carbocycles. The van der Waals surface area contributed by atoms with Crippen molar-refractivity contribution in [2.75, 3.05) is 5.32 Å². The predicted octanol–water partition coefficient (Wildman–Crippen LogP) is 3.28. The highest BCUT2D eigenvalue weighted by molar-refractivity contribution is 7.89. The molecule has 0 aliphatic carbocycles. The number of sulfonamides is 1. The zero-order chi connectivity index (χ0) is 22.9. The zero-order valence-electron chi connectivity index (χ0n) is 16.8. The number of ether oxygens (including phenoxy) is 1. The highest BCUT2D eigenvalue weighted by atomic mass is 32.2. The van der Waals surface area contributed by atoms with Crippen molar-refractivity contribution in [2.24, 2.45) is 5.14 Å². The third kappa shape index (κ3) is 4.58. The van der Waals surface area contributed by atoms with Crippen LogP contribution < -0.4 is 15.2 Å². The summed E-state index contributed by atoms with van der Waals surface area (Å²) in [6, 6.07) is 11.3. The van der Waals surface area contributed by atoms with Crippen LogP contribution in [0.3, 0.4) is 0 Å². The van der Waals surface area contributed by atoms with Crippen molar-refractivity contribution in [3.05, 3.63) is 72.3 Å². The van der Waals surface area contributed by atoms with Crippen LogP contribution in [0.5, 0.6) is 11.5 Å². The van der Waals surface area contributed by atoms with Crippen molar-refractivity contribution in [1.29, 1.82) is 0 Å². The molecule has 0 bridgehead atoms. The van der Waals surface area contributed by atoms with Gasteiger partial charge in [-0.2, -0.15) is 5.10 Å². The minimum Gasteiger partial charge on any atom is -0.457 e. The summed E-state index contributed by atoms with van der Waals surface area (Å²) in [7, 11) is -3.83. The number of aryl methyl sites for hydroxylation is 1. The van der Waals surface area contributed by atoms with Crippen molar-refractivity contribution >= 4 is 32.7 Å². The molecule has 0 saturated heterocycles. The van der Waals surface area contributed by atoms with E-state index < -0.39 is 21.7 Å². The Balaban J connectivity index is 1.69. The SMILES string of the molecule is CCn1cc2c(Oc3ccc(S(N)(=O)=O)cc3)cc(C(=O)Nc3ccc(F)cn3)cc2n1. The molecule has 4 rings (SSSR count). The number of pyridine rings is 1. The van der Waals surface area contributed by atoms with E-state index in [0.717, 1.165) is 6.20 Å². The van der Waals surface area contributed by atoms with Gasteiger partial charge >= 0.3 is 0 Å². The van der Waals surface area contributed by atoms with Gasteiger partial charge in [-0.1, -0.05) is 0 Å². The third-order valence-corrected chi connectivity index (χ3v) is 5.50. The maximum absolute atomic E-state index is 13.1. The van der Waals surface area contributed by atoms with Crippen LogP contribution in [0, 0.1) is 5.82 Å². The molecule has 11 heteroatoms. The second-order valence-corrected chi connectivity index (χ2v) is 8.39. The molecule has 1 amide bonds. The minimum atomic E-state index is -3.83. The number of halogens is 1. The van der Waals surface area contributed by atoms with Gasteiger partial charge in [0.25, 0.3) is 5.91 Å². The Morgan fingerprint density at radius 3 is 2.56 bits per heavy atom. The van der Waals surface area contributed by atoms with Crippen LogP contribution in [-0.4, -0.2) is 29.1 Å². The van der Waals surface area contributed by atoms with Gasteiger partial charge in [-0.05, 0) is 55.5 Å². The molecule has 164 valence electrons. The molecule has 2 heterocycles. The normalized spacial score (nSPS) is 11.5. The van der Waals surface area contributed by atoms with Crippen LogP contribution in [0.4, 0.5) is 10.2 Å². The Bertz CT molecular complexity index is 1400. The first-order chi connectivity index (χ1) is 15.2. The number of nitrogens with two attached hydrogens (primary N) is 1. The molecule has 0 radical (unpaired) electrons. The van der Waals surface area contributed by atoms with Gasteiger partial charge in [-0.15, -0.1) is 0 Å². The maximum atomic E-state index is 13.1. The van der Waals surface area contributed by atoms with Gasteiger partial charge in [-0.25, -0.2) is 22.9 Å². The number of nitrogens with zero attached hydrogens (tertiary/aromatic N) is 3. The number of carbonyl (C=O) groups is 1. The molecule has 0 atom stereocenters. The van der Waals surface area contributed by atoms with Crippen molar-refractivity contribution in [2.45, 2.75) is 18.4 Å². The average molecular weight is 455 g/mol. The van der Waals surface area contributed by atoms with Crippen LogP contribution in [0.1, 0.15) is 17.3 Å². The Morgan fingerprint density at radius 2 is 1.94 bits per heavy atom. The quantitative estimate of drug-likeness (QED) is 0.459. The number of hydrogen-bond donors (Lipinski definition) is 2. The summed E-state index contributed by atoms with van der Waals surface area (Å²) >= 11 is 0. The van der Waals surface area contributed by atoms with E-state index in [1.807, 2.05) is 6.92 Å². The number of carbonyl (C=O) groups excluding carboxylic acids is 1. The van der Waals surface area contributed by atoms with Gasteiger partial charge in [0.05, 0.1) is 22.0 Å². The summed E-state index contributed by atoms with van der Waals surface area (Å²) in [6.07, 6.45) is 2.79. The molecular formula is C21H18FN5O4S. The summed E-state index contributed by atoms with van der Waals surface area (Å²) in [6.45, 7) is 2.53. The van der Waals surface area contributed by atoms with E-state index in [-0.39, 0.29) is 16.3 Å². The molecule has 9 nitrogen and oxygen atoms in total. The number of hydrogen-bond acceptors (Lipinski definition) is 6. The smallest absolute Gasteiger partial charge is 0.257 e. The molecule has 4 aromatic rings. The second kappa shape index (κ2) is 8.36. The van der Waals surface area contributed by atoms with E-state index in [1.54, 1.807) is 16.9 Å². The molecule has 0 aliphatic rings. The monoisotopic (exact) mass is 455 g/mol. The fourth-order valence-electron chi connectivity index (χ4n) is 2.98. The Morgan fingerprint density at radius 1 is 1.19 bits per heavy atom. The van der Waals surface area contributed by atoms with Gasteiger partial charge < -0.3 is 10.1 Å². The second-order valence-electron chi connectivity index (χ2n) is 6.83. The lowest BCUT2D eigenvalue weighted by Crippen LogP contribution is -2.13. The van der Waals surface area contributed by atoms with Gasteiger partial charge in [0.1, 0.15) is 23.1 Å². The molecule has 2 aromatic carbocycles. The first kappa shape index (κ1) is 21.4. The number of nitrogens with one attached hydrogen (secondary N) is 1. The van der Waals surface area contributed by atoms with E-state index in [9.17, 15) is 17.6 Å². The number of anilines is 1. The molecule has 0 fully saturated rings. The molecule has 32 heavy (non-hydrogen) atoms. The first-order valence-electron chi connectivity index (χ1n) is 9.48. The lowest BCUT2D eigenvalue weighted by Gasteiger charge is -2.10. The van der Waals surface area contributed by atoms with Crippen LogP contribution >= 0.6 is 0 Å². The van der Waals surface area contributed by atoms with E-state index in [2.05, 4.69) is 15.4 Å². The fraction of sp³-hybridized carbons (Fsp3) is 0.0952. The molecule has 3 N–H and O–H groups in total. The first-order valence-corrected chi connectivity index (χ1v) is 11.0. The molecular weight excluding hydrogens is 437 g/mol. The zero-order valence-corrected chi connectivity index (χ0v) is 17.6. The highest BCUT2D eigenvalue weighted by Gasteiger charge is 2.16. The highest BCUT2D eigenvalue weighted by Crippen LogP contribution is 2.32. The maximum Gasteiger partial charge on any atom is 0.257 e. The van der Waals surface area contributed by atoms with Crippen molar-refractivity contribution in [3.8, 4) is 11.5 Å². The molecule has 2 aromatic heterocycles. The van der Waals surface area contributed by atoms with E-state index in [4.69, 9.17) is 9.88 Å². The number of primary sulfonamides is 1. The summed E-state index contributed by atoms with van der Waals surface area (Å²) in [5.74, 6) is -0.106. The Labute approximate surface area is 182 Å². The Hall–Kier alpha value is -3.83. The van der Waals surface area contributed by atoms with E-state index in [0.29, 0.717) is 28.9 Å². The van der Waals surface area contributed by atoms with Crippen LogP contribution in [-0.2, 0) is 16.6 Å². The largest absolute Gasteiger partial charge is 0.457 e. The standard InChI is InChI=1S/C21H18FN5O4S/c1-2-27-12-17-18(26-27)9-13(21(28)25-20-8-3-14(22)11-24-20)10-19(17)31-15-4-6-16(7-5-15)32(23,29)30/h3-12H,2H2,1H3,(H2,23,29,30)(H,24,25,28). The average Bonchev–Trinajstić information content (AvgIpc) is 3.19. The summed E-state index contributed by atoms with van der Waals surface area (Å²) in [5, 5.41) is 12.8. The number of fused-ring (bicyclic) bond motifs is 1. The summed E-state index contributed by atoms with van der Waals surface area (Å²) in [4.78, 5) is 16.5. The van der Waals surface area contributed by atoms with Crippen LogP contribution in [0.25, 0.3) is 10.9 Å². The lowest BCUT2D eigenvalue weighted by atomic mass is 10.1. The Kier molecular flexibility index (Phi) is 5.59. The van der Waals surface area contributed by atoms with E-state index >= 15 is 0 Å². The number of benzene rings is 2. The van der Waals surface area contributed by atoms with Crippen molar-refractivity contribution in [1.82, 2.24) is 14.8 Å². The number of amides is 1.